The molecule has 0 fully saturated rings. The van der Waals surface area contributed by atoms with Crippen LogP contribution in [0.1, 0.15) is 110 Å². The zero-order chi connectivity index (χ0) is 51.5. The summed E-state index contributed by atoms with van der Waals surface area (Å²) in [7, 11) is 0. The molecule has 0 aliphatic carbocycles. The summed E-state index contributed by atoms with van der Waals surface area (Å²) in [5.74, 6) is 1.18. The van der Waals surface area contributed by atoms with Crippen LogP contribution in [0, 0.1) is 43.7 Å². The SMILES string of the molecule is CC(C)Cc1cccc2c1sc1c(-c3[c-]c4ccccc4c(C(C)(C)C)c3)nccc12.CCC(CC)C(=O)/C=C(\O)C(CC)CC.Cc1[c-]c(-c2cc(-c3ccc(-c4ccccc4)cc3)ccn2)cc(C)c1.[Ir]. The molecule has 73 heavy (non-hydrogen) atoms. The van der Waals surface area contributed by atoms with Crippen molar-refractivity contribution in [2.45, 2.75) is 114 Å². The zero-order valence-corrected chi connectivity index (χ0v) is 47.9. The van der Waals surface area contributed by atoms with Crippen LogP contribution in [0.3, 0.4) is 0 Å². The van der Waals surface area contributed by atoms with Crippen LogP contribution in [-0.2, 0) is 36.7 Å². The second-order valence-corrected chi connectivity index (χ2v) is 21.6. The molecule has 0 saturated heterocycles. The summed E-state index contributed by atoms with van der Waals surface area (Å²) in [5, 5.41) is 14.8. The smallest absolute Gasteiger partial charge is 0.162 e. The second-order valence-electron chi connectivity index (χ2n) is 20.5. The molecule has 3 heterocycles. The van der Waals surface area contributed by atoms with Crippen LogP contribution in [0.5, 0.6) is 0 Å². The number of hydrogen-bond donors (Lipinski definition) is 1. The van der Waals surface area contributed by atoms with Crippen molar-refractivity contribution in [2.75, 3.05) is 0 Å². The Hall–Kier alpha value is -6.04. The molecule has 0 spiro atoms. The summed E-state index contributed by atoms with van der Waals surface area (Å²) in [6.07, 6.45) is 9.84. The fourth-order valence-electron chi connectivity index (χ4n) is 9.61. The number of benzene rings is 6. The predicted octanol–water partition coefficient (Wildman–Crippen LogP) is 18.9. The summed E-state index contributed by atoms with van der Waals surface area (Å²) < 4.78 is 2.66. The molecule has 0 aliphatic heterocycles. The summed E-state index contributed by atoms with van der Waals surface area (Å²) in [5.41, 5.74) is 14.2. The number of nitrogens with zero attached hydrogens (tertiary/aromatic N) is 2. The van der Waals surface area contributed by atoms with Crippen molar-refractivity contribution < 1.29 is 30.0 Å². The van der Waals surface area contributed by atoms with E-state index >= 15 is 0 Å². The molecule has 9 rings (SSSR count). The largest absolute Gasteiger partial charge is 0.512 e. The molecule has 6 aromatic carbocycles. The third-order valence-corrected chi connectivity index (χ3v) is 14.9. The van der Waals surface area contributed by atoms with E-state index < -0.39 is 0 Å². The number of aliphatic hydroxyl groups excluding tert-OH is 1. The monoisotopic (exact) mass is 1160 g/mol. The third-order valence-electron chi connectivity index (χ3n) is 13.6. The van der Waals surface area contributed by atoms with Gasteiger partial charge in [-0.25, -0.2) is 0 Å². The minimum absolute atomic E-state index is 0. The summed E-state index contributed by atoms with van der Waals surface area (Å²) in [6, 6.07) is 54.5. The minimum atomic E-state index is 0. The molecule has 0 saturated carbocycles. The summed E-state index contributed by atoms with van der Waals surface area (Å²) in [4.78, 5) is 21.1. The van der Waals surface area contributed by atoms with Gasteiger partial charge in [0.15, 0.2) is 5.78 Å². The maximum atomic E-state index is 11.7. The molecule has 1 N–H and O–H groups in total. The van der Waals surface area contributed by atoms with Crippen LogP contribution in [0.2, 0.25) is 0 Å². The number of aromatic nitrogens is 2. The van der Waals surface area contributed by atoms with Gasteiger partial charge in [-0.1, -0.05) is 184 Å². The average Bonchev–Trinajstić information content (AvgIpc) is 3.77. The van der Waals surface area contributed by atoms with Gasteiger partial charge in [0.05, 0.1) is 5.76 Å². The molecule has 1 radical (unpaired) electrons. The molecule has 9 aromatic rings. The van der Waals surface area contributed by atoms with E-state index in [-0.39, 0.29) is 48.9 Å². The Bertz CT molecular complexity index is 3260. The number of carbonyl (C=O) groups excluding carboxylic acids is 1. The van der Waals surface area contributed by atoms with Gasteiger partial charge in [-0.05, 0) is 94.5 Å². The first-order valence-corrected chi connectivity index (χ1v) is 26.8. The molecule has 0 bridgehead atoms. The number of carbonyl (C=O) groups is 1. The Morgan fingerprint density at radius 2 is 1.23 bits per heavy atom. The van der Waals surface area contributed by atoms with E-state index in [1.807, 2.05) is 57.5 Å². The Morgan fingerprint density at radius 1 is 0.630 bits per heavy atom. The number of rotatable bonds is 13. The molecular formula is C67H72IrN2O2S-2. The van der Waals surface area contributed by atoms with E-state index in [1.54, 1.807) is 0 Å². The number of ketones is 1. The quantitative estimate of drug-likeness (QED) is 0.0710. The third kappa shape index (κ3) is 14.0. The van der Waals surface area contributed by atoms with Crippen LogP contribution in [0.15, 0.2) is 158 Å². The van der Waals surface area contributed by atoms with Crippen molar-refractivity contribution in [3.8, 4) is 44.8 Å². The fraction of sp³-hybridized carbons (Fsp3) is 0.299. The standard InChI is InChI=1S/C29H28NS.C25H20N.C13H24O2.Ir/c1-18(2)15-20-10-8-12-23-24-13-14-30-26(28(24)31-27(20)23)21-16-19-9-6-7-11-22(19)25(17-21)29(3,4)5;1-18-14-19(2)16-24(15-18)25-17-23(12-13-26-25)22-10-8-21(9-11-22)20-6-4-3-5-7-20;1-5-10(6-2)12(14)9-13(15)11(7-3)8-4;/h6-14,17-18H,15H2,1-5H3;3-15,17H,1-2H3;9-11,14H,5-8H2,1-4H3;/q2*-1;;/b;;12-9-;. The van der Waals surface area contributed by atoms with Gasteiger partial charge in [0.25, 0.3) is 0 Å². The molecule has 0 atom stereocenters. The molecule has 4 nitrogen and oxygen atoms in total. The van der Waals surface area contributed by atoms with Crippen LogP contribution in [0.4, 0.5) is 0 Å². The van der Waals surface area contributed by atoms with Crippen LogP contribution >= 0.6 is 11.3 Å². The van der Waals surface area contributed by atoms with Crippen LogP contribution in [-0.4, -0.2) is 20.9 Å². The van der Waals surface area contributed by atoms with Crippen molar-refractivity contribution in [2.24, 2.45) is 17.8 Å². The van der Waals surface area contributed by atoms with Crippen molar-refractivity contribution in [1.29, 1.82) is 0 Å². The average molecular weight is 1160 g/mol. The van der Waals surface area contributed by atoms with Crippen molar-refractivity contribution in [1.82, 2.24) is 9.97 Å². The number of pyridine rings is 2. The molecule has 0 aliphatic rings. The minimum Gasteiger partial charge on any atom is -0.512 e. The number of fused-ring (bicyclic) bond motifs is 4. The Labute approximate surface area is 453 Å². The number of hydrogen-bond acceptors (Lipinski definition) is 5. The van der Waals surface area contributed by atoms with E-state index in [2.05, 4.69) is 193 Å². The normalized spacial score (nSPS) is 11.7. The van der Waals surface area contributed by atoms with E-state index in [1.165, 1.54) is 70.6 Å². The summed E-state index contributed by atoms with van der Waals surface area (Å²) in [6.45, 7) is 23.7. The number of aryl methyl sites for hydroxylation is 2. The zero-order valence-electron chi connectivity index (χ0n) is 44.7. The van der Waals surface area contributed by atoms with Gasteiger partial charge in [-0.2, -0.15) is 0 Å². The molecule has 0 amide bonds. The summed E-state index contributed by atoms with van der Waals surface area (Å²) >= 11 is 1.89. The maximum absolute atomic E-state index is 11.7. The molecule has 0 unspecified atom stereocenters. The van der Waals surface area contributed by atoms with Crippen molar-refractivity contribution >= 4 is 48.1 Å². The van der Waals surface area contributed by atoms with Crippen LogP contribution < -0.4 is 0 Å². The molecule has 3 aromatic heterocycles. The van der Waals surface area contributed by atoms with E-state index in [9.17, 15) is 9.90 Å². The van der Waals surface area contributed by atoms with Crippen molar-refractivity contribution in [3.05, 3.63) is 192 Å². The number of allylic oxidation sites excluding steroid dienone is 2. The first kappa shape index (κ1) is 56.3. The van der Waals surface area contributed by atoms with E-state index in [0.29, 0.717) is 5.92 Å². The van der Waals surface area contributed by atoms with Gasteiger partial charge in [-0.15, -0.1) is 75.4 Å². The molecule has 379 valence electrons. The van der Waals surface area contributed by atoms with Gasteiger partial charge in [0.1, 0.15) is 0 Å². The fourth-order valence-corrected chi connectivity index (χ4v) is 10.9. The maximum Gasteiger partial charge on any atom is 0.162 e. The molecule has 6 heteroatoms. The Morgan fingerprint density at radius 3 is 1.88 bits per heavy atom. The van der Waals surface area contributed by atoms with Gasteiger partial charge in [0, 0.05) is 70.9 Å². The number of aliphatic hydroxyl groups is 1. The van der Waals surface area contributed by atoms with Gasteiger partial charge in [-0.3, -0.25) is 9.78 Å². The Kier molecular flexibility index (Phi) is 19.8. The first-order valence-electron chi connectivity index (χ1n) is 25.9. The van der Waals surface area contributed by atoms with E-state index in [0.717, 1.165) is 65.6 Å². The Balaban J connectivity index is 0.000000189. The van der Waals surface area contributed by atoms with Crippen LogP contribution in [0.25, 0.3) is 75.7 Å². The van der Waals surface area contributed by atoms with Gasteiger partial charge in [0.2, 0.25) is 0 Å². The number of thiophene rings is 1. The van der Waals surface area contributed by atoms with Gasteiger partial charge >= 0.3 is 0 Å². The van der Waals surface area contributed by atoms with E-state index in [4.69, 9.17) is 4.98 Å². The van der Waals surface area contributed by atoms with Crippen molar-refractivity contribution in [3.63, 3.8) is 0 Å². The first-order chi connectivity index (χ1) is 34.6. The van der Waals surface area contributed by atoms with Gasteiger partial charge < -0.3 is 10.1 Å². The second kappa shape index (κ2) is 25.8. The topological polar surface area (TPSA) is 63.1 Å². The predicted molar refractivity (Wildman–Crippen MR) is 309 cm³/mol. The molecular weight excluding hydrogens is 1090 g/mol.